The number of methoxy groups -OCH3 is 1. The molecule has 2 atom stereocenters. The van der Waals surface area contributed by atoms with Gasteiger partial charge in [-0.25, -0.2) is 14.6 Å². The lowest BCUT2D eigenvalue weighted by Crippen LogP contribution is -2.58. The number of hydrogen-bond donors (Lipinski definition) is 2. The van der Waals surface area contributed by atoms with Crippen molar-refractivity contribution in [3.05, 3.63) is 47.7 Å². The Morgan fingerprint density at radius 2 is 1.85 bits per heavy atom. The Hall–Kier alpha value is -3.69. The number of urea groups is 1. The average Bonchev–Trinajstić information content (AvgIpc) is 2.87. The minimum Gasteiger partial charge on any atom is -0.478 e. The van der Waals surface area contributed by atoms with E-state index < -0.39 is 50.2 Å². The number of carboxylic acids is 1. The van der Waals surface area contributed by atoms with Crippen LogP contribution in [0.15, 0.2) is 36.5 Å². The molecule has 3 amide bonds. The molecule has 2 unspecified atom stereocenters. The first-order valence-corrected chi connectivity index (χ1v) is 16.4. The number of alkyl halides is 3. The van der Waals surface area contributed by atoms with Crippen LogP contribution in [0.25, 0.3) is 0 Å². The highest BCUT2D eigenvalue weighted by molar-refractivity contribution is 6.76. The number of pyridine rings is 1. The zero-order valence-electron chi connectivity index (χ0n) is 23.3. The highest BCUT2D eigenvalue weighted by atomic mass is 28.3. The standard InChI is InChI=1S/C26H33F3N4O7Si/c1-16-23(34)32(15-39-10-11-41(3,4)5)21-12-18(24(35)36)13-30-22(21)33(16)25(37)31-20(14-38-2)17-6-8-19(9-7-17)40-26(27,28)29/h6-9,12-13,16,20H,10-11,14-15H2,1-5H3,(H,31,37)(H,35,36). The van der Waals surface area contributed by atoms with Crippen LogP contribution in [0.1, 0.15) is 28.9 Å². The molecule has 2 aromatic rings. The normalized spacial score (nSPS) is 16.3. The number of benzene rings is 1. The second-order valence-corrected chi connectivity index (χ2v) is 16.2. The van der Waals surface area contributed by atoms with E-state index in [1.807, 2.05) is 0 Å². The number of aromatic nitrogens is 1. The number of carbonyl (C=O) groups excluding carboxylic acids is 2. The molecule has 2 heterocycles. The minimum absolute atomic E-state index is 0.0403. The number of nitrogens with zero attached hydrogens (tertiary/aromatic N) is 3. The van der Waals surface area contributed by atoms with Gasteiger partial charge in [0.1, 0.15) is 18.5 Å². The fraction of sp³-hybridized carbons (Fsp3) is 0.462. The number of carboxylic acid groups (broad SMARTS) is 1. The highest BCUT2D eigenvalue weighted by Gasteiger charge is 2.41. The molecule has 0 aliphatic carbocycles. The van der Waals surface area contributed by atoms with Crippen LogP contribution in [0, 0.1) is 0 Å². The molecular weight excluding hydrogens is 565 g/mol. The summed E-state index contributed by atoms with van der Waals surface area (Å²) in [4.78, 5) is 45.2. The van der Waals surface area contributed by atoms with Gasteiger partial charge in [-0.1, -0.05) is 31.8 Å². The third-order valence-corrected chi connectivity index (χ3v) is 7.91. The summed E-state index contributed by atoms with van der Waals surface area (Å²) in [6.45, 7) is 8.25. The Bertz CT molecular complexity index is 1260. The molecule has 3 rings (SSSR count). The van der Waals surface area contributed by atoms with E-state index in [2.05, 4.69) is 34.7 Å². The number of nitrogens with one attached hydrogen (secondary N) is 1. The highest BCUT2D eigenvalue weighted by Crippen LogP contribution is 2.36. The van der Waals surface area contributed by atoms with E-state index in [1.165, 1.54) is 37.1 Å². The molecule has 224 valence electrons. The summed E-state index contributed by atoms with van der Waals surface area (Å²) in [6, 6.07) is 4.40. The molecule has 41 heavy (non-hydrogen) atoms. The number of rotatable bonds is 11. The molecule has 0 saturated heterocycles. The van der Waals surface area contributed by atoms with Gasteiger partial charge in [0.25, 0.3) is 5.91 Å². The smallest absolute Gasteiger partial charge is 0.478 e. The van der Waals surface area contributed by atoms with Crippen LogP contribution in [-0.2, 0) is 14.3 Å². The van der Waals surface area contributed by atoms with Crippen molar-refractivity contribution in [1.29, 1.82) is 0 Å². The van der Waals surface area contributed by atoms with Crippen LogP contribution in [0.5, 0.6) is 5.75 Å². The molecule has 11 nitrogen and oxygen atoms in total. The third-order valence-electron chi connectivity index (χ3n) is 6.21. The van der Waals surface area contributed by atoms with Crippen molar-refractivity contribution in [1.82, 2.24) is 10.3 Å². The Labute approximate surface area is 236 Å². The topological polar surface area (TPSA) is 131 Å². The molecular formula is C26H33F3N4O7Si. The van der Waals surface area contributed by atoms with Crippen molar-refractivity contribution in [3.63, 3.8) is 0 Å². The number of anilines is 2. The van der Waals surface area contributed by atoms with Gasteiger partial charge in [-0.3, -0.25) is 14.6 Å². The SMILES string of the molecule is COCC(NC(=O)N1c2ncc(C(=O)O)cc2N(COCC[Si](C)(C)C)C(=O)C1C)c1ccc(OC(F)(F)F)cc1. The van der Waals surface area contributed by atoms with Crippen LogP contribution in [0.4, 0.5) is 29.5 Å². The zero-order chi connectivity index (χ0) is 30.5. The fourth-order valence-corrected chi connectivity index (χ4v) is 4.79. The first kappa shape index (κ1) is 31.8. The quantitative estimate of drug-likeness (QED) is 0.283. The second kappa shape index (κ2) is 12.9. The molecule has 0 fully saturated rings. The lowest BCUT2D eigenvalue weighted by molar-refractivity contribution is -0.274. The summed E-state index contributed by atoms with van der Waals surface area (Å²) in [6.07, 6.45) is -3.77. The van der Waals surface area contributed by atoms with Gasteiger partial charge in [-0.15, -0.1) is 13.2 Å². The van der Waals surface area contributed by atoms with Gasteiger partial charge >= 0.3 is 18.4 Å². The van der Waals surface area contributed by atoms with E-state index in [9.17, 15) is 32.7 Å². The molecule has 0 saturated carbocycles. The van der Waals surface area contributed by atoms with Gasteiger partial charge in [-0.2, -0.15) is 0 Å². The van der Waals surface area contributed by atoms with E-state index in [1.54, 1.807) is 0 Å². The predicted octanol–water partition coefficient (Wildman–Crippen LogP) is 4.63. The summed E-state index contributed by atoms with van der Waals surface area (Å²) in [7, 11) is -0.0208. The number of hydrogen-bond acceptors (Lipinski definition) is 7. The van der Waals surface area contributed by atoms with Crippen LogP contribution in [0.2, 0.25) is 25.7 Å². The summed E-state index contributed by atoms with van der Waals surface area (Å²) in [5.41, 5.74) is 0.322. The maximum absolute atomic E-state index is 13.6. The lowest BCUT2D eigenvalue weighted by atomic mass is 10.1. The molecule has 0 spiro atoms. The third kappa shape index (κ3) is 8.40. The predicted molar refractivity (Wildman–Crippen MR) is 146 cm³/mol. The molecule has 1 aromatic carbocycles. The van der Waals surface area contributed by atoms with Gasteiger partial charge in [0.05, 0.1) is 23.9 Å². The average molecular weight is 599 g/mol. The van der Waals surface area contributed by atoms with Gasteiger partial charge in [0, 0.05) is 28.0 Å². The molecule has 1 aliphatic heterocycles. The summed E-state index contributed by atoms with van der Waals surface area (Å²) in [5, 5.41) is 12.2. The molecule has 15 heteroatoms. The first-order valence-electron chi connectivity index (χ1n) is 12.7. The van der Waals surface area contributed by atoms with Crippen molar-refractivity contribution in [2.24, 2.45) is 0 Å². The number of ether oxygens (including phenoxy) is 3. The van der Waals surface area contributed by atoms with Gasteiger partial charge < -0.3 is 24.6 Å². The van der Waals surface area contributed by atoms with E-state index >= 15 is 0 Å². The van der Waals surface area contributed by atoms with Crippen LogP contribution < -0.4 is 19.9 Å². The number of aromatic carboxylic acids is 1. The Kier molecular flexibility index (Phi) is 9.99. The number of halogens is 3. The largest absolute Gasteiger partial charge is 0.573 e. The van der Waals surface area contributed by atoms with Crippen molar-refractivity contribution in [2.45, 2.75) is 51.1 Å². The van der Waals surface area contributed by atoms with Gasteiger partial charge in [0.2, 0.25) is 0 Å². The number of amides is 3. The number of fused-ring (bicyclic) bond motifs is 1. The lowest BCUT2D eigenvalue weighted by Gasteiger charge is -2.39. The second-order valence-electron chi connectivity index (χ2n) is 10.6. The molecule has 0 bridgehead atoms. The van der Waals surface area contributed by atoms with E-state index in [4.69, 9.17) is 9.47 Å². The Morgan fingerprint density at radius 1 is 1.20 bits per heavy atom. The molecule has 1 aliphatic rings. The van der Waals surface area contributed by atoms with Crippen LogP contribution >= 0.6 is 0 Å². The first-order chi connectivity index (χ1) is 19.1. The summed E-state index contributed by atoms with van der Waals surface area (Å²) in [5.74, 6) is -2.17. The van der Waals surface area contributed by atoms with Crippen LogP contribution in [0.3, 0.4) is 0 Å². The van der Waals surface area contributed by atoms with E-state index in [0.29, 0.717) is 12.2 Å². The van der Waals surface area contributed by atoms with Crippen molar-refractivity contribution >= 4 is 37.5 Å². The van der Waals surface area contributed by atoms with E-state index in [-0.39, 0.29) is 30.4 Å². The zero-order valence-corrected chi connectivity index (χ0v) is 24.3. The van der Waals surface area contributed by atoms with Crippen molar-refractivity contribution < 1.29 is 46.9 Å². The molecule has 2 N–H and O–H groups in total. The fourth-order valence-electron chi connectivity index (χ4n) is 4.03. The monoisotopic (exact) mass is 598 g/mol. The molecule has 1 aromatic heterocycles. The maximum Gasteiger partial charge on any atom is 0.573 e. The minimum atomic E-state index is -4.85. The summed E-state index contributed by atoms with van der Waals surface area (Å²) >= 11 is 0. The molecule has 0 radical (unpaired) electrons. The van der Waals surface area contributed by atoms with E-state index in [0.717, 1.165) is 29.3 Å². The van der Waals surface area contributed by atoms with Crippen molar-refractivity contribution in [2.75, 3.05) is 36.9 Å². The Morgan fingerprint density at radius 3 is 2.41 bits per heavy atom. The Balaban J connectivity index is 1.89. The van der Waals surface area contributed by atoms with Gasteiger partial charge in [0.15, 0.2) is 5.82 Å². The number of carbonyl (C=O) groups is 3. The van der Waals surface area contributed by atoms with Crippen molar-refractivity contribution in [3.8, 4) is 5.75 Å². The maximum atomic E-state index is 13.6. The van der Waals surface area contributed by atoms with Crippen LogP contribution in [-0.4, -0.2) is 75.5 Å². The summed E-state index contributed by atoms with van der Waals surface area (Å²) < 4.78 is 52.5. The van der Waals surface area contributed by atoms with Gasteiger partial charge in [-0.05, 0) is 36.7 Å².